The molecule has 7 heteroatoms. The molecule has 2 aliphatic rings. The van der Waals surface area contributed by atoms with E-state index in [0.717, 1.165) is 48.5 Å². The molecule has 0 aliphatic carbocycles. The Morgan fingerprint density at radius 1 is 1.19 bits per heavy atom. The van der Waals surface area contributed by atoms with E-state index < -0.39 is 0 Å². The Hall–Kier alpha value is -2.83. The molecule has 1 aromatic heterocycles. The second kappa shape index (κ2) is 6.82. The largest absolute Gasteiger partial charge is 0.497 e. The van der Waals surface area contributed by atoms with Gasteiger partial charge in [0.1, 0.15) is 18.1 Å². The van der Waals surface area contributed by atoms with Gasteiger partial charge < -0.3 is 15.0 Å². The number of nitrogens with one attached hydrogen (secondary N) is 1. The van der Waals surface area contributed by atoms with Crippen LogP contribution < -0.4 is 10.1 Å². The zero-order valence-corrected chi connectivity index (χ0v) is 15.1. The van der Waals surface area contributed by atoms with Crippen molar-refractivity contribution in [1.29, 1.82) is 0 Å². The Kier molecular flexibility index (Phi) is 4.36. The predicted octanol–water partition coefficient (Wildman–Crippen LogP) is 2.59. The number of hydrogen-bond acceptors (Lipinski definition) is 5. The van der Waals surface area contributed by atoms with E-state index in [1.54, 1.807) is 11.8 Å². The quantitative estimate of drug-likeness (QED) is 0.918. The van der Waals surface area contributed by atoms with Gasteiger partial charge in [-0.1, -0.05) is 12.1 Å². The number of allylic oxidation sites excluding steroid dienone is 1. The van der Waals surface area contributed by atoms with E-state index in [2.05, 4.69) is 15.4 Å². The number of amides is 1. The molecule has 0 saturated carbocycles. The van der Waals surface area contributed by atoms with Crippen LogP contribution in [0.25, 0.3) is 0 Å². The van der Waals surface area contributed by atoms with Gasteiger partial charge in [0.2, 0.25) is 5.95 Å². The molecule has 0 bridgehead atoms. The van der Waals surface area contributed by atoms with Gasteiger partial charge in [-0.3, -0.25) is 4.79 Å². The van der Waals surface area contributed by atoms with Crippen molar-refractivity contribution in [2.45, 2.75) is 32.2 Å². The summed E-state index contributed by atoms with van der Waals surface area (Å²) in [5.41, 5.74) is 2.55. The Balaban J connectivity index is 1.77. The fourth-order valence-corrected chi connectivity index (χ4v) is 3.73. The minimum Gasteiger partial charge on any atom is -0.497 e. The number of hydrogen-bond donors (Lipinski definition) is 1. The van der Waals surface area contributed by atoms with E-state index in [1.165, 1.54) is 12.7 Å². The zero-order chi connectivity index (χ0) is 18.1. The van der Waals surface area contributed by atoms with E-state index in [9.17, 15) is 4.79 Å². The van der Waals surface area contributed by atoms with Crippen LogP contribution in [-0.2, 0) is 4.79 Å². The number of nitrogens with zero attached hydrogens (tertiary/aromatic N) is 4. The first kappa shape index (κ1) is 16.6. The first-order valence-electron chi connectivity index (χ1n) is 8.99. The summed E-state index contributed by atoms with van der Waals surface area (Å²) in [6.45, 7) is 3.57. The second-order valence-corrected chi connectivity index (χ2v) is 6.72. The smallest absolute Gasteiger partial charge is 0.254 e. The summed E-state index contributed by atoms with van der Waals surface area (Å²) in [6.07, 6.45) is 4.83. The van der Waals surface area contributed by atoms with Gasteiger partial charge in [-0.2, -0.15) is 10.1 Å². The predicted molar refractivity (Wildman–Crippen MR) is 97.9 cm³/mol. The van der Waals surface area contributed by atoms with Gasteiger partial charge in [-0.05, 0) is 43.9 Å². The molecule has 0 spiro atoms. The maximum atomic E-state index is 13.3. The fraction of sp³-hybridized carbons (Fsp3) is 0.421. The van der Waals surface area contributed by atoms with Gasteiger partial charge in [0.05, 0.1) is 12.7 Å². The van der Waals surface area contributed by atoms with Crippen LogP contribution in [0, 0.1) is 0 Å². The summed E-state index contributed by atoms with van der Waals surface area (Å²) in [4.78, 5) is 19.6. The highest BCUT2D eigenvalue weighted by atomic mass is 16.5. The van der Waals surface area contributed by atoms with Crippen molar-refractivity contribution in [1.82, 2.24) is 19.7 Å². The molecular formula is C19H23N5O2. The first-order chi connectivity index (χ1) is 12.7. The van der Waals surface area contributed by atoms with E-state index in [0.29, 0.717) is 5.95 Å². The highest BCUT2D eigenvalue weighted by Crippen LogP contribution is 2.36. The van der Waals surface area contributed by atoms with Gasteiger partial charge >= 0.3 is 0 Å². The number of fused-ring (bicyclic) bond motifs is 1. The molecule has 1 saturated heterocycles. The molecule has 136 valence electrons. The molecule has 2 aliphatic heterocycles. The standard InChI is InChI=1S/C19H23N5O2/c1-13-16(18(25)23-10-4-3-5-11-23)17(24-19(22-13)20-12-21-24)14-6-8-15(26-2)9-7-14/h6-9,12,17H,3-5,10-11H2,1-2H3,(H,20,21,22). The zero-order valence-electron chi connectivity index (χ0n) is 15.1. The molecule has 1 N–H and O–H groups in total. The first-order valence-corrected chi connectivity index (χ1v) is 8.99. The number of likely N-dealkylation sites (tertiary alicyclic amines) is 1. The lowest BCUT2D eigenvalue weighted by Crippen LogP contribution is -2.40. The highest BCUT2D eigenvalue weighted by molar-refractivity contribution is 5.96. The molecule has 1 aromatic carbocycles. The van der Waals surface area contributed by atoms with Crippen molar-refractivity contribution >= 4 is 11.9 Å². The van der Waals surface area contributed by atoms with Crippen LogP contribution in [0.15, 0.2) is 41.9 Å². The lowest BCUT2D eigenvalue weighted by molar-refractivity contribution is -0.128. The molecule has 26 heavy (non-hydrogen) atoms. The lowest BCUT2D eigenvalue weighted by Gasteiger charge is -2.34. The molecule has 7 nitrogen and oxygen atoms in total. The summed E-state index contributed by atoms with van der Waals surface area (Å²) in [6, 6.07) is 7.49. The Morgan fingerprint density at radius 2 is 1.92 bits per heavy atom. The third-order valence-electron chi connectivity index (χ3n) is 5.10. The molecule has 1 fully saturated rings. The van der Waals surface area contributed by atoms with Crippen LogP contribution in [0.2, 0.25) is 0 Å². The summed E-state index contributed by atoms with van der Waals surface area (Å²) < 4.78 is 7.05. The topological polar surface area (TPSA) is 72.3 Å². The summed E-state index contributed by atoms with van der Waals surface area (Å²) in [7, 11) is 1.64. The summed E-state index contributed by atoms with van der Waals surface area (Å²) >= 11 is 0. The third kappa shape index (κ3) is 2.83. The minimum absolute atomic E-state index is 0.0802. The Morgan fingerprint density at radius 3 is 2.62 bits per heavy atom. The van der Waals surface area contributed by atoms with Crippen LogP contribution in [0.5, 0.6) is 5.75 Å². The van der Waals surface area contributed by atoms with Crippen molar-refractivity contribution in [3.63, 3.8) is 0 Å². The van der Waals surface area contributed by atoms with Crippen molar-refractivity contribution < 1.29 is 9.53 Å². The molecule has 4 rings (SSSR count). The van der Waals surface area contributed by atoms with E-state index in [-0.39, 0.29) is 11.9 Å². The van der Waals surface area contributed by atoms with Crippen LogP contribution >= 0.6 is 0 Å². The number of methoxy groups -OCH3 is 1. The SMILES string of the molecule is COc1ccc(C2C(C(=O)N3CCCCC3)=C(C)Nc3ncnn32)cc1. The van der Waals surface area contributed by atoms with Gasteiger partial charge in [0.25, 0.3) is 5.91 Å². The number of ether oxygens (including phenoxy) is 1. The Labute approximate surface area is 152 Å². The van der Waals surface area contributed by atoms with E-state index in [1.807, 2.05) is 36.1 Å². The van der Waals surface area contributed by atoms with Crippen LogP contribution in [0.4, 0.5) is 5.95 Å². The second-order valence-electron chi connectivity index (χ2n) is 6.72. The maximum Gasteiger partial charge on any atom is 0.254 e. The number of rotatable bonds is 3. The number of aromatic nitrogens is 3. The summed E-state index contributed by atoms with van der Waals surface area (Å²) in [5.74, 6) is 1.52. The van der Waals surface area contributed by atoms with Gasteiger partial charge in [0.15, 0.2) is 0 Å². The number of piperidine rings is 1. The molecule has 1 atom stereocenters. The molecule has 3 heterocycles. The maximum absolute atomic E-state index is 13.3. The highest BCUT2D eigenvalue weighted by Gasteiger charge is 2.35. The van der Waals surface area contributed by atoms with E-state index >= 15 is 0 Å². The minimum atomic E-state index is -0.297. The van der Waals surface area contributed by atoms with Crippen LogP contribution in [0.3, 0.4) is 0 Å². The third-order valence-corrected chi connectivity index (χ3v) is 5.10. The average Bonchev–Trinajstić information content (AvgIpc) is 3.15. The van der Waals surface area contributed by atoms with Gasteiger partial charge in [-0.25, -0.2) is 4.68 Å². The van der Waals surface area contributed by atoms with Gasteiger partial charge in [-0.15, -0.1) is 0 Å². The molecule has 1 amide bonds. The lowest BCUT2D eigenvalue weighted by atomic mass is 9.94. The summed E-state index contributed by atoms with van der Waals surface area (Å²) in [5, 5.41) is 7.61. The number of carbonyl (C=O) groups is 1. The van der Waals surface area contributed by atoms with Crippen molar-refractivity contribution in [2.24, 2.45) is 0 Å². The van der Waals surface area contributed by atoms with E-state index in [4.69, 9.17) is 4.74 Å². The number of benzene rings is 1. The normalized spacial score (nSPS) is 19.8. The van der Waals surface area contributed by atoms with Crippen molar-refractivity contribution in [2.75, 3.05) is 25.5 Å². The fourth-order valence-electron chi connectivity index (χ4n) is 3.73. The van der Waals surface area contributed by atoms with Crippen molar-refractivity contribution in [3.05, 3.63) is 47.4 Å². The molecular weight excluding hydrogens is 330 g/mol. The Bertz CT molecular complexity index is 834. The number of anilines is 1. The molecule has 2 aromatic rings. The van der Waals surface area contributed by atoms with Gasteiger partial charge in [0, 0.05) is 18.8 Å². The monoisotopic (exact) mass is 353 g/mol. The van der Waals surface area contributed by atoms with Crippen LogP contribution in [-0.4, -0.2) is 45.8 Å². The average molecular weight is 353 g/mol. The molecule has 1 unspecified atom stereocenters. The van der Waals surface area contributed by atoms with Crippen LogP contribution in [0.1, 0.15) is 37.8 Å². The van der Waals surface area contributed by atoms with Crippen molar-refractivity contribution in [3.8, 4) is 5.75 Å². The molecule has 0 radical (unpaired) electrons. The number of carbonyl (C=O) groups excluding carboxylic acids is 1.